The minimum absolute atomic E-state index is 0.0266. The summed E-state index contributed by atoms with van der Waals surface area (Å²) in [6.07, 6.45) is 2.73. The summed E-state index contributed by atoms with van der Waals surface area (Å²) < 4.78 is 39.2. The normalized spacial score (nSPS) is 18.2. The lowest BCUT2D eigenvalue weighted by Gasteiger charge is -2.28. The number of methoxy groups -OCH3 is 1. The molecule has 1 atom stereocenters. The minimum Gasteiger partial charge on any atom is -0.496 e. The molecule has 2 aromatic rings. The molecule has 1 N–H and O–H groups in total. The number of anilines is 1. The van der Waals surface area contributed by atoms with Gasteiger partial charge in [-0.05, 0) is 48.6 Å². The Hall–Kier alpha value is -2.87. The maximum Gasteiger partial charge on any atom is 0.257 e. The van der Waals surface area contributed by atoms with E-state index < -0.39 is 27.5 Å². The average molecular weight is 444 g/mol. The molecule has 1 fully saturated rings. The number of carbonyl (C=O) groups excluding carboxylic acids is 2. The SMILES string of the molecule is [2H][C@@](CS(C)(=O)=O)(c1ccc(OC)c(C)c1)N1Cc2cccc(NC(=O)C3CC3)c2C1=O. The third-order valence-electron chi connectivity index (χ3n) is 5.60. The second-order valence-corrected chi connectivity index (χ2v) is 10.3. The molecule has 8 heteroatoms. The number of benzene rings is 2. The zero-order valence-corrected chi connectivity index (χ0v) is 18.6. The van der Waals surface area contributed by atoms with E-state index in [1.807, 2.05) is 0 Å². The fourth-order valence-corrected chi connectivity index (χ4v) is 4.71. The molecule has 7 nitrogen and oxygen atoms in total. The van der Waals surface area contributed by atoms with Gasteiger partial charge in [-0.25, -0.2) is 8.42 Å². The first-order valence-electron chi connectivity index (χ1n) is 10.6. The van der Waals surface area contributed by atoms with Crippen molar-refractivity contribution in [3.63, 3.8) is 0 Å². The summed E-state index contributed by atoms with van der Waals surface area (Å²) in [4.78, 5) is 27.1. The summed E-state index contributed by atoms with van der Waals surface area (Å²) in [5.41, 5.74) is 2.48. The van der Waals surface area contributed by atoms with Crippen LogP contribution in [0.1, 0.15) is 47.3 Å². The Kier molecular flexibility index (Phi) is 5.17. The number of nitrogens with one attached hydrogen (secondary N) is 1. The number of rotatable bonds is 7. The number of hydrogen-bond donors (Lipinski definition) is 1. The maximum atomic E-state index is 13.5. The van der Waals surface area contributed by atoms with Gasteiger partial charge in [0.1, 0.15) is 15.6 Å². The second-order valence-electron chi connectivity index (χ2n) is 8.20. The van der Waals surface area contributed by atoms with Crippen molar-refractivity contribution in [3.05, 3.63) is 58.7 Å². The van der Waals surface area contributed by atoms with Gasteiger partial charge in [0.2, 0.25) is 5.91 Å². The fraction of sp³-hybridized carbons (Fsp3) is 0.391. The van der Waals surface area contributed by atoms with Gasteiger partial charge in [0.15, 0.2) is 0 Å². The Morgan fingerprint density at radius 1 is 1.32 bits per heavy atom. The lowest BCUT2D eigenvalue weighted by atomic mass is 10.0. The average Bonchev–Trinajstić information content (AvgIpc) is 3.50. The van der Waals surface area contributed by atoms with Gasteiger partial charge in [-0.1, -0.05) is 24.3 Å². The highest BCUT2D eigenvalue weighted by atomic mass is 32.2. The van der Waals surface area contributed by atoms with Crippen LogP contribution in [0.25, 0.3) is 0 Å². The van der Waals surface area contributed by atoms with Gasteiger partial charge < -0.3 is 15.0 Å². The van der Waals surface area contributed by atoms with Crippen LogP contribution in [0.15, 0.2) is 36.4 Å². The van der Waals surface area contributed by atoms with Gasteiger partial charge in [0, 0.05) is 18.7 Å². The van der Waals surface area contributed by atoms with Crippen LogP contribution in [0.2, 0.25) is 0 Å². The second kappa shape index (κ2) is 8.00. The molecule has 0 aromatic heterocycles. The van der Waals surface area contributed by atoms with E-state index in [1.54, 1.807) is 43.3 Å². The molecule has 1 aliphatic carbocycles. The molecular formula is C23H26N2O5S. The van der Waals surface area contributed by atoms with Gasteiger partial charge in [0.05, 0.1) is 31.5 Å². The molecule has 164 valence electrons. The molecule has 2 amide bonds. The highest BCUT2D eigenvalue weighted by molar-refractivity contribution is 7.90. The first-order valence-corrected chi connectivity index (χ1v) is 12.2. The van der Waals surface area contributed by atoms with Crippen molar-refractivity contribution in [2.45, 2.75) is 32.3 Å². The number of sulfone groups is 1. The Morgan fingerprint density at radius 2 is 2.06 bits per heavy atom. The van der Waals surface area contributed by atoms with E-state index in [-0.39, 0.29) is 18.4 Å². The van der Waals surface area contributed by atoms with Crippen molar-refractivity contribution >= 4 is 27.3 Å². The first-order chi connectivity index (χ1) is 15.0. The van der Waals surface area contributed by atoms with Crippen LogP contribution >= 0.6 is 0 Å². The van der Waals surface area contributed by atoms with Crippen LogP contribution in [0, 0.1) is 12.8 Å². The summed E-state index contributed by atoms with van der Waals surface area (Å²) >= 11 is 0. The van der Waals surface area contributed by atoms with Gasteiger partial charge >= 0.3 is 0 Å². The quantitative estimate of drug-likeness (QED) is 0.710. The number of carbonyl (C=O) groups is 2. The zero-order chi connectivity index (χ0) is 23.3. The van der Waals surface area contributed by atoms with Crippen molar-refractivity contribution in [1.82, 2.24) is 4.90 Å². The first kappa shape index (κ1) is 20.1. The van der Waals surface area contributed by atoms with E-state index in [2.05, 4.69) is 5.32 Å². The maximum absolute atomic E-state index is 13.5. The van der Waals surface area contributed by atoms with Crippen LogP contribution in [-0.2, 0) is 21.2 Å². The van der Waals surface area contributed by atoms with Crippen LogP contribution in [-0.4, -0.2) is 44.3 Å². The lowest BCUT2D eigenvalue weighted by molar-refractivity contribution is -0.117. The van der Waals surface area contributed by atoms with E-state index in [0.29, 0.717) is 28.1 Å². The van der Waals surface area contributed by atoms with Crippen molar-refractivity contribution < 1.29 is 24.1 Å². The van der Waals surface area contributed by atoms with E-state index in [1.165, 1.54) is 12.0 Å². The molecule has 2 aromatic carbocycles. The fourth-order valence-electron chi connectivity index (χ4n) is 3.89. The molecule has 0 bridgehead atoms. The van der Waals surface area contributed by atoms with E-state index in [9.17, 15) is 19.4 Å². The van der Waals surface area contributed by atoms with Gasteiger partial charge in [-0.3, -0.25) is 9.59 Å². The Morgan fingerprint density at radius 3 is 2.68 bits per heavy atom. The zero-order valence-electron chi connectivity index (χ0n) is 18.8. The van der Waals surface area contributed by atoms with Gasteiger partial charge in [-0.2, -0.15) is 0 Å². The monoisotopic (exact) mass is 443 g/mol. The number of hydrogen-bond acceptors (Lipinski definition) is 5. The summed E-state index contributed by atoms with van der Waals surface area (Å²) in [7, 11) is -2.09. The van der Waals surface area contributed by atoms with Crippen LogP contribution in [0.3, 0.4) is 0 Å². The Bertz CT molecular complexity index is 1210. The number of fused-ring (bicyclic) bond motifs is 1. The predicted octanol–water partition coefficient (Wildman–Crippen LogP) is 3.09. The van der Waals surface area contributed by atoms with Gasteiger partial charge in [-0.15, -0.1) is 0 Å². The molecule has 0 spiro atoms. The third-order valence-corrected chi connectivity index (χ3v) is 6.39. The standard InChI is InChI=1S/C23H26N2O5S/c1-14-11-16(9-10-20(14)30-2)19(13-31(3,28)29)25-12-17-5-4-6-18(21(17)23(25)27)24-22(26)15-7-8-15/h4-6,9-11,15,19H,7-8,12-13H2,1-3H3,(H,24,26)/t19-/m1/s1/i19D. The van der Waals surface area contributed by atoms with Crippen molar-refractivity contribution in [2.24, 2.45) is 5.92 Å². The highest BCUT2D eigenvalue weighted by Gasteiger charge is 2.38. The summed E-state index contributed by atoms with van der Waals surface area (Å²) in [6, 6.07) is 8.31. The van der Waals surface area contributed by atoms with E-state index in [4.69, 9.17) is 4.74 Å². The largest absolute Gasteiger partial charge is 0.496 e. The van der Waals surface area contributed by atoms with Crippen LogP contribution < -0.4 is 10.1 Å². The van der Waals surface area contributed by atoms with Crippen molar-refractivity contribution in [1.29, 1.82) is 0 Å². The molecule has 1 heterocycles. The predicted molar refractivity (Wildman–Crippen MR) is 118 cm³/mol. The molecule has 0 saturated heterocycles. The molecule has 31 heavy (non-hydrogen) atoms. The summed E-state index contributed by atoms with van der Waals surface area (Å²) in [6.45, 7) is 1.88. The topological polar surface area (TPSA) is 92.8 Å². The van der Waals surface area contributed by atoms with Crippen LogP contribution in [0.4, 0.5) is 5.69 Å². The molecule has 1 aliphatic heterocycles. The number of amides is 2. The lowest BCUT2D eigenvalue weighted by Crippen LogP contribution is -2.34. The van der Waals surface area contributed by atoms with Crippen molar-refractivity contribution in [3.8, 4) is 5.75 Å². The minimum atomic E-state index is -3.62. The van der Waals surface area contributed by atoms with Crippen LogP contribution in [0.5, 0.6) is 5.75 Å². The Labute approximate surface area is 183 Å². The highest BCUT2D eigenvalue weighted by Crippen LogP contribution is 2.38. The Balaban J connectivity index is 1.76. The summed E-state index contributed by atoms with van der Waals surface area (Å²) in [5.74, 6) is -0.574. The molecule has 2 aliphatic rings. The third kappa shape index (κ3) is 4.44. The van der Waals surface area contributed by atoms with Gasteiger partial charge in [0.25, 0.3) is 5.91 Å². The molecule has 4 rings (SSSR count). The molecule has 1 saturated carbocycles. The van der Waals surface area contributed by atoms with E-state index >= 15 is 0 Å². The molecule has 0 unspecified atom stereocenters. The number of aryl methyl sites for hydroxylation is 1. The molecule has 0 radical (unpaired) electrons. The number of nitrogens with zero attached hydrogens (tertiary/aromatic N) is 1. The summed E-state index contributed by atoms with van der Waals surface area (Å²) in [5, 5.41) is 2.84. The smallest absolute Gasteiger partial charge is 0.257 e. The van der Waals surface area contributed by atoms with E-state index in [0.717, 1.165) is 24.7 Å². The van der Waals surface area contributed by atoms with Crippen molar-refractivity contribution in [2.75, 3.05) is 24.4 Å². The molecular weight excluding hydrogens is 416 g/mol. The number of ether oxygens (including phenoxy) is 1.